The standard InChI is InChI=1S/C34H31N3/c1-24-7-9-25(10-8-24)26-11-15-29(16-12-26)32-23-33(37-34(36-32)31-5-3-2-4-6-31)30-17-13-27(14-18-30)28-19-21-35-22-20-28/h2-21,23,32,34-37H,22H2,1H3. The van der Waals surface area contributed by atoms with Crippen LogP contribution in [0.1, 0.15) is 40.0 Å². The van der Waals surface area contributed by atoms with Gasteiger partial charge in [0.05, 0.1) is 6.04 Å². The number of aryl methyl sites for hydroxylation is 1. The van der Waals surface area contributed by atoms with Crippen LogP contribution in [0.5, 0.6) is 0 Å². The van der Waals surface area contributed by atoms with Crippen molar-refractivity contribution in [3.05, 3.63) is 155 Å². The molecule has 37 heavy (non-hydrogen) atoms. The second-order valence-corrected chi connectivity index (χ2v) is 9.68. The molecular formula is C34H31N3. The van der Waals surface area contributed by atoms with Gasteiger partial charge < -0.3 is 10.6 Å². The Hall–Kier alpha value is -4.34. The molecule has 2 heterocycles. The zero-order valence-electron chi connectivity index (χ0n) is 21.0. The van der Waals surface area contributed by atoms with Crippen molar-refractivity contribution >= 4 is 11.3 Å². The summed E-state index contributed by atoms with van der Waals surface area (Å²) in [5.74, 6) is 0. The number of nitrogens with one attached hydrogen (secondary N) is 3. The van der Waals surface area contributed by atoms with Crippen LogP contribution in [0.25, 0.3) is 22.4 Å². The van der Waals surface area contributed by atoms with E-state index in [1.807, 2.05) is 6.20 Å². The summed E-state index contributed by atoms with van der Waals surface area (Å²) < 4.78 is 0. The van der Waals surface area contributed by atoms with Crippen LogP contribution in [-0.2, 0) is 0 Å². The minimum Gasteiger partial charge on any atom is -0.387 e. The molecule has 0 radical (unpaired) electrons. The van der Waals surface area contributed by atoms with E-state index in [0.717, 1.165) is 12.2 Å². The molecule has 0 saturated heterocycles. The molecule has 2 atom stereocenters. The Balaban J connectivity index is 1.31. The fourth-order valence-electron chi connectivity index (χ4n) is 4.98. The molecule has 3 heteroatoms. The van der Waals surface area contributed by atoms with E-state index in [1.165, 1.54) is 44.5 Å². The maximum Gasteiger partial charge on any atom is 0.104 e. The van der Waals surface area contributed by atoms with E-state index in [2.05, 4.69) is 144 Å². The molecule has 0 amide bonds. The van der Waals surface area contributed by atoms with Crippen LogP contribution >= 0.6 is 0 Å². The van der Waals surface area contributed by atoms with Gasteiger partial charge in [0.1, 0.15) is 6.17 Å². The first-order chi connectivity index (χ1) is 18.2. The third-order valence-electron chi connectivity index (χ3n) is 7.12. The number of hydrogen-bond acceptors (Lipinski definition) is 3. The van der Waals surface area contributed by atoms with E-state index in [4.69, 9.17) is 0 Å². The second-order valence-electron chi connectivity index (χ2n) is 9.68. The molecule has 3 nitrogen and oxygen atoms in total. The molecule has 2 unspecified atom stereocenters. The van der Waals surface area contributed by atoms with E-state index in [-0.39, 0.29) is 12.2 Å². The molecule has 6 rings (SSSR count). The summed E-state index contributed by atoms with van der Waals surface area (Å²) in [6, 6.07) is 37.2. The molecular weight excluding hydrogens is 450 g/mol. The van der Waals surface area contributed by atoms with Crippen molar-refractivity contribution < 1.29 is 0 Å². The van der Waals surface area contributed by atoms with Gasteiger partial charge in [-0.15, -0.1) is 0 Å². The van der Waals surface area contributed by atoms with Crippen molar-refractivity contribution in [1.29, 1.82) is 0 Å². The lowest BCUT2D eigenvalue weighted by molar-refractivity contribution is 0.442. The van der Waals surface area contributed by atoms with Crippen molar-refractivity contribution in [3.63, 3.8) is 0 Å². The Morgan fingerprint density at radius 1 is 0.649 bits per heavy atom. The molecule has 2 aliphatic rings. The highest BCUT2D eigenvalue weighted by Gasteiger charge is 2.24. The molecule has 4 aromatic rings. The molecule has 0 spiro atoms. The highest BCUT2D eigenvalue weighted by molar-refractivity contribution is 5.76. The van der Waals surface area contributed by atoms with Crippen LogP contribution in [0.15, 0.2) is 128 Å². The highest BCUT2D eigenvalue weighted by Crippen LogP contribution is 2.31. The summed E-state index contributed by atoms with van der Waals surface area (Å²) in [7, 11) is 0. The summed E-state index contributed by atoms with van der Waals surface area (Å²) in [6.07, 6.45) is 8.68. The maximum atomic E-state index is 3.80. The average molecular weight is 482 g/mol. The average Bonchev–Trinajstić information content (AvgIpc) is 2.98. The minimum atomic E-state index is 0.0118. The summed E-state index contributed by atoms with van der Waals surface area (Å²) in [6.45, 7) is 2.99. The van der Waals surface area contributed by atoms with Gasteiger partial charge in [-0.2, -0.15) is 0 Å². The fourth-order valence-corrected chi connectivity index (χ4v) is 4.98. The molecule has 0 aliphatic carbocycles. The van der Waals surface area contributed by atoms with E-state index < -0.39 is 0 Å². The Bertz CT molecular complexity index is 1440. The van der Waals surface area contributed by atoms with Gasteiger partial charge in [0, 0.05) is 12.2 Å². The van der Waals surface area contributed by atoms with E-state index in [1.54, 1.807) is 0 Å². The van der Waals surface area contributed by atoms with Crippen molar-refractivity contribution in [2.24, 2.45) is 0 Å². The molecule has 3 N–H and O–H groups in total. The topological polar surface area (TPSA) is 36.1 Å². The summed E-state index contributed by atoms with van der Waals surface area (Å²) in [5, 5.41) is 10.8. The third kappa shape index (κ3) is 5.13. The SMILES string of the molecule is Cc1ccc(-c2ccc(C3C=C(c4ccc(C5=CCNC=C5)cc4)NC(c4ccccc4)N3)cc2)cc1. The number of allylic oxidation sites excluding steroid dienone is 2. The number of hydrogen-bond donors (Lipinski definition) is 3. The molecule has 2 aliphatic heterocycles. The lowest BCUT2D eigenvalue weighted by Gasteiger charge is -2.33. The number of benzene rings is 4. The van der Waals surface area contributed by atoms with Gasteiger partial charge in [-0.25, -0.2) is 0 Å². The Kier molecular flexibility index (Phi) is 6.45. The quantitative estimate of drug-likeness (QED) is 0.284. The molecule has 0 fully saturated rings. The lowest BCUT2D eigenvalue weighted by Crippen LogP contribution is -2.39. The normalized spacial score (nSPS) is 18.8. The van der Waals surface area contributed by atoms with Crippen LogP contribution in [0.3, 0.4) is 0 Å². The summed E-state index contributed by atoms with van der Waals surface area (Å²) in [5.41, 5.74) is 11.0. The van der Waals surface area contributed by atoms with E-state index in [0.29, 0.717) is 0 Å². The van der Waals surface area contributed by atoms with Gasteiger partial charge in [0.2, 0.25) is 0 Å². The maximum absolute atomic E-state index is 3.80. The first-order valence-corrected chi connectivity index (χ1v) is 12.9. The highest BCUT2D eigenvalue weighted by atomic mass is 15.2. The minimum absolute atomic E-state index is 0.0118. The van der Waals surface area contributed by atoms with Gasteiger partial charge in [-0.1, -0.05) is 115 Å². The second kappa shape index (κ2) is 10.3. The first kappa shape index (κ1) is 23.1. The fraction of sp³-hybridized carbons (Fsp3) is 0.118. The van der Waals surface area contributed by atoms with Crippen LogP contribution in [-0.4, -0.2) is 6.54 Å². The number of rotatable bonds is 5. The molecule has 0 aromatic heterocycles. The Morgan fingerprint density at radius 3 is 1.97 bits per heavy atom. The van der Waals surface area contributed by atoms with Crippen molar-refractivity contribution in [2.45, 2.75) is 19.1 Å². The lowest BCUT2D eigenvalue weighted by atomic mass is 9.95. The smallest absolute Gasteiger partial charge is 0.104 e. The number of dihydropyridines is 1. The van der Waals surface area contributed by atoms with Crippen LogP contribution in [0.4, 0.5) is 0 Å². The largest absolute Gasteiger partial charge is 0.387 e. The van der Waals surface area contributed by atoms with Gasteiger partial charge in [0.25, 0.3) is 0 Å². The van der Waals surface area contributed by atoms with E-state index >= 15 is 0 Å². The predicted octanol–water partition coefficient (Wildman–Crippen LogP) is 7.14. The summed E-state index contributed by atoms with van der Waals surface area (Å²) >= 11 is 0. The third-order valence-corrected chi connectivity index (χ3v) is 7.12. The van der Waals surface area contributed by atoms with Gasteiger partial charge in [-0.05, 0) is 64.2 Å². The van der Waals surface area contributed by atoms with Crippen LogP contribution in [0.2, 0.25) is 0 Å². The van der Waals surface area contributed by atoms with Crippen molar-refractivity contribution in [3.8, 4) is 11.1 Å². The Morgan fingerprint density at radius 2 is 1.30 bits per heavy atom. The monoisotopic (exact) mass is 481 g/mol. The van der Waals surface area contributed by atoms with Crippen molar-refractivity contribution in [1.82, 2.24) is 16.0 Å². The molecule has 0 bridgehead atoms. The van der Waals surface area contributed by atoms with Gasteiger partial charge in [-0.3, -0.25) is 5.32 Å². The van der Waals surface area contributed by atoms with E-state index in [9.17, 15) is 0 Å². The Labute approximate surface area is 219 Å². The van der Waals surface area contributed by atoms with Crippen LogP contribution < -0.4 is 16.0 Å². The van der Waals surface area contributed by atoms with Crippen molar-refractivity contribution in [2.75, 3.05) is 6.54 Å². The zero-order valence-corrected chi connectivity index (χ0v) is 21.0. The molecule has 4 aromatic carbocycles. The molecule has 182 valence electrons. The first-order valence-electron chi connectivity index (χ1n) is 12.9. The van der Waals surface area contributed by atoms with Crippen LogP contribution in [0, 0.1) is 6.92 Å². The molecule has 0 saturated carbocycles. The van der Waals surface area contributed by atoms with Gasteiger partial charge in [0.15, 0.2) is 0 Å². The zero-order chi connectivity index (χ0) is 25.0. The van der Waals surface area contributed by atoms with Gasteiger partial charge >= 0.3 is 0 Å². The summed E-state index contributed by atoms with van der Waals surface area (Å²) in [4.78, 5) is 0. The predicted molar refractivity (Wildman–Crippen MR) is 154 cm³/mol.